The third kappa shape index (κ3) is 3.46. The standard InChI is InChI=1S/C13H15ClN2/c14-12-8-6-11(7-9-12)10-15-16-13-4-2-1-3-5-13/h6-10H,1-5H2/b15-10+. The maximum Gasteiger partial charge on any atom is 0.0568 e. The summed E-state index contributed by atoms with van der Waals surface area (Å²) in [6.07, 6.45) is 7.85. The van der Waals surface area contributed by atoms with E-state index in [2.05, 4.69) is 10.2 Å². The van der Waals surface area contributed by atoms with Crippen molar-refractivity contribution in [1.82, 2.24) is 0 Å². The van der Waals surface area contributed by atoms with Crippen LogP contribution in [0.15, 0.2) is 34.5 Å². The predicted octanol–water partition coefficient (Wildman–Crippen LogP) is 4.08. The second-order valence-corrected chi connectivity index (χ2v) is 4.46. The Labute approximate surface area is 101 Å². The van der Waals surface area contributed by atoms with Crippen LogP contribution in [0, 0.1) is 0 Å². The normalized spacial score (nSPS) is 16.7. The SMILES string of the molecule is Clc1ccc(/C=N/N=C2CCCCC2)cc1. The fourth-order valence-electron chi connectivity index (χ4n) is 1.79. The van der Waals surface area contributed by atoms with E-state index in [1.165, 1.54) is 25.0 Å². The highest BCUT2D eigenvalue weighted by Crippen LogP contribution is 2.14. The van der Waals surface area contributed by atoms with Crippen LogP contribution in [0.25, 0.3) is 0 Å². The first-order chi connectivity index (χ1) is 7.84. The predicted molar refractivity (Wildman–Crippen MR) is 69.6 cm³/mol. The lowest BCUT2D eigenvalue weighted by molar-refractivity contribution is 0.664. The van der Waals surface area contributed by atoms with Crippen molar-refractivity contribution in [3.05, 3.63) is 34.9 Å². The fraction of sp³-hybridized carbons (Fsp3) is 0.385. The van der Waals surface area contributed by atoms with Crippen molar-refractivity contribution in [1.29, 1.82) is 0 Å². The highest BCUT2D eigenvalue weighted by molar-refractivity contribution is 6.30. The van der Waals surface area contributed by atoms with Crippen LogP contribution in [0.5, 0.6) is 0 Å². The highest BCUT2D eigenvalue weighted by Gasteiger charge is 2.05. The van der Waals surface area contributed by atoms with Crippen LogP contribution >= 0.6 is 11.6 Å². The molecule has 2 rings (SSSR count). The van der Waals surface area contributed by atoms with Crippen molar-refractivity contribution in [3.8, 4) is 0 Å². The average molecular weight is 235 g/mol. The molecular weight excluding hydrogens is 220 g/mol. The van der Waals surface area contributed by atoms with Crippen molar-refractivity contribution >= 4 is 23.5 Å². The zero-order chi connectivity index (χ0) is 11.2. The second-order valence-electron chi connectivity index (χ2n) is 4.02. The lowest BCUT2D eigenvalue weighted by Gasteiger charge is -2.09. The number of hydrogen-bond donors (Lipinski definition) is 0. The quantitative estimate of drug-likeness (QED) is 0.544. The topological polar surface area (TPSA) is 24.7 Å². The molecule has 0 atom stereocenters. The summed E-state index contributed by atoms with van der Waals surface area (Å²) in [4.78, 5) is 0. The van der Waals surface area contributed by atoms with E-state index in [1.54, 1.807) is 6.21 Å². The van der Waals surface area contributed by atoms with E-state index in [-0.39, 0.29) is 0 Å². The van der Waals surface area contributed by atoms with Gasteiger partial charge < -0.3 is 0 Å². The van der Waals surface area contributed by atoms with Crippen LogP contribution in [0.4, 0.5) is 0 Å². The van der Waals surface area contributed by atoms with Crippen molar-refractivity contribution in [3.63, 3.8) is 0 Å². The van der Waals surface area contributed by atoms with Crippen LogP contribution in [0.2, 0.25) is 5.02 Å². The van der Waals surface area contributed by atoms with Gasteiger partial charge in [-0.25, -0.2) is 0 Å². The first-order valence-corrected chi connectivity index (χ1v) is 6.07. The number of halogens is 1. The summed E-state index contributed by atoms with van der Waals surface area (Å²) in [5, 5.41) is 9.11. The Bertz CT molecular complexity index is 385. The molecule has 0 heterocycles. The summed E-state index contributed by atoms with van der Waals surface area (Å²) in [5.74, 6) is 0. The molecule has 1 saturated carbocycles. The summed E-state index contributed by atoms with van der Waals surface area (Å²) >= 11 is 5.80. The van der Waals surface area contributed by atoms with Crippen molar-refractivity contribution in [2.45, 2.75) is 32.1 Å². The molecule has 3 heteroatoms. The van der Waals surface area contributed by atoms with E-state index >= 15 is 0 Å². The third-order valence-corrected chi connectivity index (χ3v) is 2.96. The summed E-state index contributed by atoms with van der Waals surface area (Å²) in [6, 6.07) is 7.59. The van der Waals surface area contributed by atoms with Crippen LogP contribution < -0.4 is 0 Å². The zero-order valence-corrected chi connectivity index (χ0v) is 9.95. The van der Waals surface area contributed by atoms with E-state index in [0.717, 1.165) is 23.4 Å². The van der Waals surface area contributed by atoms with Gasteiger partial charge in [0.25, 0.3) is 0 Å². The first-order valence-electron chi connectivity index (χ1n) is 5.69. The Balaban J connectivity index is 1.95. The maximum absolute atomic E-state index is 5.80. The maximum atomic E-state index is 5.80. The lowest BCUT2D eigenvalue weighted by atomic mass is 9.99. The lowest BCUT2D eigenvalue weighted by Crippen LogP contribution is -2.03. The summed E-state index contributed by atoms with van der Waals surface area (Å²) in [7, 11) is 0. The van der Waals surface area contributed by atoms with E-state index in [9.17, 15) is 0 Å². The largest absolute Gasteiger partial charge is 0.160 e. The molecule has 1 aromatic carbocycles. The molecule has 0 radical (unpaired) electrons. The Kier molecular flexibility index (Phi) is 4.11. The van der Waals surface area contributed by atoms with Crippen molar-refractivity contribution in [2.75, 3.05) is 0 Å². The molecule has 84 valence electrons. The van der Waals surface area contributed by atoms with Crippen LogP contribution in [0.3, 0.4) is 0 Å². The molecule has 16 heavy (non-hydrogen) atoms. The van der Waals surface area contributed by atoms with Crippen LogP contribution in [-0.4, -0.2) is 11.9 Å². The summed E-state index contributed by atoms with van der Waals surface area (Å²) in [6.45, 7) is 0. The Hall–Kier alpha value is -1.15. The fourth-order valence-corrected chi connectivity index (χ4v) is 1.91. The Morgan fingerprint density at radius 1 is 1.00 bits per heavy atom. The van der Waals surface area contributed by atoms with E-state index < -0.39 is 0 Å². The average Bonchev–Trinajstić information content (AvgIpc) is 2.33. The van der Waals surface area contributed by atoms with Gasteiger partial charge in [0.2, 0.25) is 0 Å². The molecular formula is C13H15ClN2. The molecule has 0 saturated heterocycles. The van der Waals surface area contributed by atoms with Gasteiger partial charge in [-0.1, -0.05) is 30.2 Å². The number of benzene rings is 1. The van der Waals surface area contributed by atoms with Crippen molar-refractivity contribution < 1.29 is 0 Å². The number of nitrogens with zero attached hydrogens (tertiary/aromatic N) is 2. The van der Waals surface area contributed by atoms with Gasteiger partial charge in [-0.2, -0.15) is 10.2 Å². The molecule has 0 unspecified atom stereocenters. The summed E-state index contributed by atoms with van der Waals surface area (Å²) in [5.41, 5.74) is 2.26. The monoisotopic (exact) mass is 234 g/mol. The van der Waals surface area contributed by atoms with Gasteiger partial charge in [0.15, 0.2) is 0 Å². The molecule has 1 aliphatic carbocycles. The molecule has 0 aliphatic heterocycles. The van der Waals surface area contributed by atoms with Gasteiger partial charge in [-0.05, 0) is 43.4 Å². The molecule has 1 aromatic rings. The van der Waals surface area contributed by atoms with Gasteiger partial charge in [0.05, 0.1) is 6.21 Å². The minimum atomic E-state index is 0.746. The van der Waals surface area contributed by atoms with Gasteiger partial charge in [0, 0.05) is 10.7 Å². The minimum absolute atomic E-state index is 0.746. The summed E-state index contributed by atoms with van der Waals surface area (Å²) < 4.78 is 0. The zero-order valence-electron chi connectivity index (χ0n) is 9.19. The van der Waals surface area contributed by atoms with Crippen LogP contribution in [-0.2, 0) is 0 Å². The molecule has 1 aliphatic rings. The minimum Gasteiger partial charge on any atom is -0.160 e. The van der Waals surface area contributed by atoms with Gasteiger partial charge >= 0.3 is 0 Å². The van der Waals surface area contributed by atoms with Crippen molar-refractivity contribution in [2.24, 2.45) is 10.2 Å². The van der Waals surface area contributed by atoms with E-state index in [0.29, 0.717) is 0 Å². The molecule has 0 amide bonds. The molecule has 0 N–H and O–H groups in total. The Morgan fingerprint density at radius 3 is 2.38 bits per heavy atom. The molecule has 1 fully saturated rings. The molecule has 0 aromatic heterocycles. The van der Waals surface area contributed by atoms with E-state index in [4.69, 9.17) is 11.6 Å². The molecule has 2 nitrogen and oxygen atoms in total. The van der Waals surface area contributed by atoms with Gasteiger partial charge in [-0.15, -0.1) is 0 Å². The number of hydrogen-bond acceptors (Lipinski definition) is 2. The van der Waals surface area contributed by atoms with Crippen LogP contribution in [0.1, 0.15) is 37.7 Å². The third-order valence-electron chi connectivity index (χ3n) is 2.71. The Morgan fingerprint density at radius 2 is 1.69 bits per heavy atom. The molecule has 0 spiro atoms. The van der Waals surface area contributed by atoms with Gasteiger partial charge in [-0.3, -0.25) is 0 Å². The molecule has 0 bridgehead atoms. The smallest absolute Gasteiger partial charge is 0.0568 e. The highest BCUT2D eigenvalue weighted by atomic mass is 35.5. The second kappa shape index (κ2) is 5.80. The number of rotatable bonds is 2. The van der Waals surface area contributed by atoms with E-state index in [1.807, 2.05) is 24.3 Å². The first kappa shape index (κ1) is 11.3. The van der Waals surface area contributed by atoms with Gasteiger partial charge in [0.1, 0.15) is 0 Å².